The van der Waals surface area contributed by atoms with Crippen molar-refractivity contribution in [3.63, 3.8) is 0 Å². The Morgan fingerprint density at radius 2 is 1.68 bits per heavy atom. The predicted molar refractivity (Wildman–Crippen MR) is 137 cm³/mol. The van der Waals surface area contributed by atoms with E-state index in [4.69, 9.17) is 16.1 Å². The van der Waals surface area contributed by atoms with Gasteiger partial charge in [0.2, 0.25) is 0 Å². The van der Waals surface area contributed by atoms with E-state index in [1.54, 1.807) is 6.92 Å². The summed E-state index contributed by atoms with van der Waals surface area (Å²) in [6, 6.07) is 0. The largest absolute Gasteiger partial charge is 0.349 e. The third-order valence-corrected chi connectivity index (χ3v) is 11.8. The summed E-state index contributed by atoms with van der Waals surface area (Å²) in [7, 11) is 0. The Labute approximate surface area is 208 Å². The number of carbonyl (C=O) groups is 1. The van der Waals surface area contributed by atoms with Crippen LogP contribution in [-0.4, -0.2) is 24.8 Å². The van der Waals surface area contributed by atoms with Crippen molar-refractivity contribution in [1.29, 1.82) is 0 Å². The summed E-state index contributed by atoms with van der Waals surface area (Å²) in [6.07, 6.45) is 11.7. The first-order valence-electron chi connectivity index (χ1n) is 14.3. The molecule has 3 heteroatoms. The minimum absolute atomic E-state index is 0.127. The van der Waals surface area contributed by atoms with Gasteiger partial charge in [-0.3, -0.25) is 0 Å². The maximum atomic E-state index is 11.6. The molecule has 5 rings (SSSR count). The molecule has 0 amide bonds. The summed E-state index contributed by atoms with van der Waals surface area (Å²) in [5.74, 6) is 4.27. The molecule has 1 heterocycles. The molecule has 0 bridgehead atoms. The fourth-order valence-electron chi connectivity index (χ4n) is 9.68. The highest BCUT2D eigenvalue weighted by Crippen LogP contribution is 2.70. The van der Waals surface area contributed by atoms with E-state index in [-0.39, 0.29) is 11.2 Å². The number of fused-ring (bicyclic) bond motifs is 5. The molecular formula is C31H50O3. The number of allylic oxidation sites excluding steroid dienone is 1. The van der Waals surface area contributed by atoms with Gasteiger partial charge in [-0.1, -0.05) is 46.8 Å². The zero-order chi connectivity index (χ0) is 24.5. The second-order valence-electron chi connectivity index (χ2n) is 14.6. The highest BCUT2D eigenvalue weighted by atomic mass is 16.7. The molecule has 5 fully saturated rings. The number of hydrogen-bond acceptors (Lipinski definition) is 3. The fraction of sp³-hybridized carbons (Fsp3) is 0.903. The highest BCUT2D eigenvalue weighted by molar-refractivity contribution is 5.75. The van der Waals surface area contributed by atoms with E-state index in [2.05, 4.69) is 34.6 Å². The molecule has 4 aliphatic carbocycles. The summed E-state index contributed by atoms with van der Waals surface area (Å²) < 4.78 is 13.0. The van der Waals surface area contributed by atoms with Crippen LogP contribution in [0.2, 0.25) is 0 Å². The Kier molecular flexibility index (Phi) is 6.20. The van der Waals surface area contributed by atoms with Crippen LogP contribution in [0.4, 0.5) is 0 Å². The first-order valence-corrected chi connectivity index (χ1v) is 14.3. The van der Waals surface area contributed by atoms with Gasteiger partial charge in [0.05, 0.1) is 13.2 Å². The average Bonchev–Trinajstić information content (AvgIpc) is 3.13. The summed E-state index contributed by atoms with van der Waals surface area (Å²) in [5.41, 5.74) is 2.47. The molecule has 0 aromatic heterocycles. The third kappa shape index (κ3) is 3.96. The first-order chi connectivity index (χ1) is 15.9. The molecule has 0 aromatic rings. The molecule has 4 saturated carbocycles. The summed E-state index contributed by atoms with van der Waals surface area (Å²) in [5, 5.41) is 0. The molecule has 34 heavy (non-hydrogen) atoms. The molecule has 0 aromatic carbocycles. The Bertz CT molecular complexity index is 819. The van der Waals surface area contributed by atoms with Crippen molar-refractivity contribution in [2.24, 2.45) is 51.8 Å². The normalized spacial score (nSPS) is 45.8. The first kappa shape index (κ1) is 25.0. The molecule has 5 aliphatic rings. The molecule has 3 nitrogen and oxygen atoms in total. The minimum atomic E-state index is -0.347. The van der Waals surface area contributed by atoms with Crippen molar-refractivity contribution < 1.29 is 14.3 Å². The zero-order valence-electron chi connectivity index (χ0n) is 22.9. The number of ketones is 1. The number of hydrogen-bond donors (Lipinski definition) is 0. The Balaban J connectivity index is 1.33. The lowest BCUT2D eigenvalue weighted by atomic mass is 9.43. The van der Waals surface area contributed by atoms with E-state index in [1.807, 2.05) is 0 Å². The van der Waals surface area contributed by atoms with Crippen molar-refractivity contribution in [3.8, 4) is 0 Å². The smallest absolute Gasteiger partial charge is 0.168 e. The SMILES string of the molecule is C=C1C[C@H]2CC3(CC[C@]2(C)[C@H]2CC[C@]4(C)[C@@H]([C@H](C)CCC(C)=O)CC[C@H]4[C@H]12)OCC(C)(C)CO3. The van der Waals surface area contributed by atoms with E-state index < -0.39 is 0 Å². The Hall–Kier alpha value is -0.670. The quantitative estimate of drug-likeness (QED) is 0.397. The standard InChI is InChI=1S/C31H50O3/c1-20(8-9-22(3)32)24-10-11-25-27-21(2)16-23-17-31(33-18-28(4,5)19-34-31)15-14-29(23,6)26(27)12-13-30(24,25)7/h20,23-27H,2,8-19H2,1,3-7H3/t20-,23+,24-,25+,26+,27+,29+,30-/m1/s1. The van der Waals surface area contributed by atoms with Gasteiger partial charge in [0, 0.05) is 24.7 Å². The van der Waals surface area contributed by atoms with Crippen molar-refractivity contribution in [1.82, 2.24) is 0 Å². The van der Waals surface area contributed by atoms with Crippen molar-refractivity contribution in [2.45, 2.75) is 112 Å². The van der Waals surface area contributed by atoms with Gasteiger partial charge < -0.3 is 14.3 Å². The second-order valence-corrected chi connectivity index (χ2v) is 14.6. The lowest BCUT2D eigenvalue weighted by molar-refractivity contribution is -0.328. The van der Waals surface area contributed by atoms with Crippen molar-refractivity contribution in [2.75, 3.05) is 13.2 Å². The van der Waals surface area contributed by atoms with Crippen LogP contribution in [-0.2, 0) is 14.3 Å². The van der Waals surface area contributed by atoms with Gasteiger partial charge in [-0.15, -0.1) is 0 Å². The van der Waals surface area contributed by atoms with Gasteiger partial charge >= 0.3 is 0 Å². The van der Waals surface area contributed by atoms with Gasteiger partial charge in [0.25, 0.3) is 0 Å². The molecule has 1 aliphatic heterocycles. The average molecular weight is 471 g/mol. The fourth-order valence-corrected chi connectivity index (χ4v) is 9.68. The number of rotatable bonds is 4. The number of Topliss-reactive ketones (excluding diaryl/α,β-unsaturated/α-hetero) is 1. The van der Waals surface area contributed by atoms with Gasteiger partial charge in [0.15, 0.2) is 5.79 Å². The zero-order valence-corrected chi connectivity index (χ0v) is 22.9. The second kappa shape index (κ2) is 8.44. The van der Waals surface area contributed by atoms with Crippen LogP contribution in [0, 0.1) is 51.8 Å². The molecule has 192 valence electrons. The van der Waals surface area contributed by atoms with E-state index >= 15 is 0 Å². The number of carbonyl (C=O) groups excluding carboxylic acids is 1. The van der Waals surface area contributed by atoms with Crippen molar-refractivity contribution >= 4 is 5.78 Å². The maximum Gasteiger partial charge on any atom is 0.168 e. The monoisotopic (exact) mass is 470 g/mol. The Morgan fingerprint density at radius 1 is 1.00 bits per heavy atom. The lowest BCUT2D eigenvalue weighted by Gasteiger charge is -2.63. The molecule has 0 radical (unpaired) electrons. The summed E-state index contributed by atoms with van der Waals surface area (Å²) in [4.78, 5) is 11.6. The van der Waals surface area contributed by atoms with E-state index in [0.717, 1.165) is 63.1 Å². The molecule has 8 atom stereocenters. The minimum Gasteiger partial charge on any atom is -0.349 e. The lowest BCUT2D eigenvalue weighted by Crippen LogP contribution is -2.59. The van der Waals surface area contributed by atoms with Gasteiger partial charge in [-0.25, -0.2) is 0 Å². The molecule has 1 saturated heterocycles. The maximum absolute atomic E-state index is 11.6. The molecule has 0 N–H and O–H groups in total. The van der Waals surface area contributed by atoms with Crippen LogP contribution in [0.5, 0.6) is 0 Å². The molecular weight excluding hydrogens is 420 g/mol. The van der Waals surface area contributed by atoms with Crippen LogP contribution >= 0.6 is 0 Å². The van der Waals surface area contributed by atoms with Crippen LogP contribution in [0.3, 0.4) is 0 Å². The third-order valence-electron chi connectivity index (χ3n) is 11.8. The van der Waals surface area contributed by atoms with E-state index in [1.165, 1.54) is 37.7 Å². The van der Waals surface area contributed by atoms with E-state index in [9.17, 15) is 4.79 Å². The Morgan fingerprint density at radius 3 is 2.35 bits per heavy atom. The van der Waals surface area contributed by atoms with Gasteiger partial charge in [-0.05, 0) is 98.2 Å². The molecule has 0 unspecified atom stereocenters. The van der Waals surface area contributed by atoms with Crippen LogP contribution < -0.4 is 0 Å². The highest BCUT2D eigenvalue weighted by Gasteiger charge is 2.63. The summed E-state index contributed by atoms with van der Waals surface area (Å²) in [6.45, 7) is 20.3. The van der Waals surface area contributed by atoms with Crippen LogP contribution in [0.25, 0.3) is 0 Å². The van der Waals surface area contributed by atoms with Crippen LogP contribution in [0.15, 0.2) is 12.2 Å². The van der Waals surface area contributed by atoms with Crippen molar-refractivity contribution in [3.05, 3.63) is 12.2 Å². The van der Waals surface area contributed by atoms with E-state index in [0.29, 0.717) is 34.4 Å². The predicted octanol–water partition coefficient (Wildman–Crippen LogP) is 7.59. The number of ether oxygens (including phenoxy) is 2. The van der Waals surface area contributed by atoms with Crippen LogP contribution in [0.1, 0.15) is 106 Å². The van der Waals surface area contributed by atoms with Gasteiger partial charge in [-0.2, -0.15) is 0 Å². The topological polar surface area (TPSA) is 35.5 Å². The molecule has 1 spiro atoms. The van der Waals surface area contributed by atoms with Gasteiger partial charge in [0.1, 0.15) is 5.78 Å². The summed E-state index contributed by atoms with van der Waals surface area (Å²) >= 11 is 0.